The average Bonchev–Trinajstić information content (AvgIpc) is 2.70. The SMILES string of the molecule is O=C1C=C(Nc2cc(C(F)(F)F)cc(F)c2I)C(=O)N1CCO. The van der Waals surface area contributed by atoms with Crippen molar-refractivity contribution >= 4 is 40.1 Å². The fourth-order valence-corrected chi connectivity index (χ4v) is 2.34. The van der Waals surface area contributed by atoms with E-state index in [4.69, 9.17) is 5.11 Å². The molecule has 2 amide bonds. The number of β-amino-alcohol motifs (C(OH)–C–C–N with tert-alkyl or cyclic N) is 1. The molecule has 1 aliphatic rings. The molecule has 2 N–H and O–H groups in total. The molecule has 0 saturated carbocycles. The van der Waals surface area contributed by atoms with Crippen molar-refractivity contribution in [3.63, 3.8) is 0 Å². The lowest BCUT2D eigenvalue weighted by Crippen LogP contribution is -2.34. The molecule has 0 fully saturated rings. The van der Waals surface area contributed by atoms with Gasteiger partial charge in [0, 0.05) is 6.08 Å². The molecule has 0 atom stereocenters. The Bertz CT molecular complexity index is 703. The highest BCUT2D eigenvalue weighted by Crippen LogP contribution is 2.35. The number of nitrogens with one attached hydrogen (secondary N) is 1. The molecule has 1 aromatic carbocycles. The number of hydrogen-bond donors (Lipinski definition) is 2. The molecule has 2 rings (SSSR count). The fourth-order valence-electron chi connectivity index (χ4n) is 1.90. The van der Waals surface area contributed by atoms with Gasteiger partial charge >= 0.3 is 6.18 Å². The number of amides is 2. The van der Waals surface area contributed by atoms with E-state index < -0.39 is 36.0 Å². The number of carbonyl (C=O) groups is 2. The Morgan fingerprint density at radius 3 is 2.48 bits per heavy atom. The number of carbonyl (C=O) groups excluding carboxylic acids is 2. The number of halogens is 5. The van der Waals surface area contributed by atoms with Crippen LogP contribution in [0.1, 0.15) is 5.56 Å². The first-order valence-electron chi connectivity index (χ1n) is 6.16. The summed E-state index contributed by atoms with van der Waals surface area (Å²) in [5, 5.41) is 11.1. The number of rotatable bonds is 4. The van der Waals surface area contributed by atoms with Gasteiger partial charge in [0.05, 0.1) is 28.0 Å². The second-order valence-electron chi connectivity index (χ2n) is 4.52. The minimum absolute atomic E-state index is 0.155. The first kappa shape index (κ1) is 17.7. The zero-order valence-corrected chi connectivity index (χ0v) is 13.4. The quantitative estimate of drug-likeness (QED) is 0.424. The number of aliphatic hydroxyl groups is 1. The summed E-state index contributed by atoms with van der Waals surface area (Å²) in [7, 11) is 0. The molecule has 124 valence electrons. The molecule has 0 spiro atoms. The molecule has 5 nitrogen and oxygen atoms in total. The van der Waals surface area contributed by atoms with Crippen molar-refractivity contribution in [1.82, 2.24) is 4.90 Å². The van der Waals surface area contributed by atoms with Gasteiger partial charge in [-0.15, -0.1) is 0 Å². The molecule has 1 aromatic rings. The molecule has 10 heteroatoms. The van der Waals surface area contributed by atoms with E-state index in [2.05, 4.69) is 5.32 Å². The standard InChI is InChI=1S/C13H9F4IN2O3/c14-7-3-6(13(15,16)17)4-8(11(7)18)19-9-5-10(22)20(1-2-21)12(9)23/h3-5,19,21H,1-2H2. The predicted molar refractivity (Wildman–Crippen MR) is 79.6 cm³/mol. The molecule has 0 radical (unpaired) electrons. The third-order valence-corrected chi connectivity index (χ3v) is 4.05. The molecule has 1 heterocycles. The number of anilines is 1. The Morgan fingerprint density at radius 1 is 1.26 bits per heavy atom. The summed E-state index contributed by atoms with van der Waals surface area (Å²) < 4.78 is 51.7. The van der Waals surface area contributed by atoms with Crippen LogP contribution in [0.4, 0.5) is 23.2 Å². The van der Waals surface area contributed by atoms with Gasteiger partial charge in [0.1, 0.15) is 11.5 Å². The van der Waals surface area contributed by atoms with Gasteiger partial charge in [-0.1, -0.05) is 0 Å². The smallest absolute Gasteiger partial charge is 0.395 e. The van der Waals surface area contributed by atoms with Crippen LogP contribution in [0.2, 0.25) is 0 Å². The van der Waals surface area contributed by atoms with E-state index in [0.29, 0.717) is 12.1 Å². The largest absolute Gasteiger partial charge is 0.416 e. The summed E-state index contributed by atoms with van der Waals surface area (Å²) in [5.74, 6) is -2.63. The number of benzene rings is 1. The van der Waals surface area contributed by atoms with Crippen LogP contribution in [-0.4, -0.2) is 35.0 Å². The first-order chi connectivity index (χ1) is 10.6. The lowest BCUT2D eigenvalue weighted by atomic mass is 10.2. The summed E-state index contributed by atoms with van der Waals surface area (Å²) in [6.45, 7) is -0.693. The molecule has 0 saturated heterocycles. The van der Waals surface area contributed by atoms with Gasteiger partial charge in [-0.2, -0.15) is 13.2 Å². The highest BCUT2D eigenvalue weighted by atomic mass is 127. The van der Waals surface area contributed by atoms with Gasteiger partial charge in [0.25, 0.3) is 11.8 Å². The molecular formula is C13H9F4IN2O3. The second kappa shape index (κ2) is 6.43. The summed E-state index contributed by atoms with van der Waals surface area (Å²) in [5.41, 5.74) is -1.79. The maximum atomic E-state index is 13.7. The van der Waals surface area contributed by atoms with E-state index in [1.165, 1.54) is 22.6 Å². The van der Waals surface area contributed by atoms with Crippen molar-refractivity contribution in [1.29, 1.82) is 0 Å². The Balaban J connectivity index is 2.34. The third-order valence-electron chi connectivity index (χ3n) is 2.96. The van der Waals surface area contributed by atoms with Crippen LogP contribution in [0.25, 0.3) is 0 Å². The van der Waals surface area contributed by atoms with Crippen LogP contribution < -0.4 is 5.32 Å². The number of hydrogen-bond acceptors (Lipinski definition) is 4. The predicted octanol–water partition coefficient (Wildman–Crippen LogP) is 2.11. The summed E-state index contributed by atoms with van der Waals surface area (Å²) in [6, 6.07) is 0.999. The van der Waals surface area contributed by atoms with Crippen LogP contribution in [0.5, 0.6) is 0 Å². The Kier molecular flexibility index (Phi) is 4.94. The van der Waals surface area contributed by atoms with Crippen molar-refractivity contribution in [3.05, 3.63) is 38.9 Å². The van der Waals surface area contributed by atoms with Gasteiger partial charge in [-0.3, -0.25) is 14.5 Å². The Labute approximate surface area is 141 Å². The van der Waals surface area contributed by atoms with Crippen molar-refractivity contribution in [2.75, 3.05) is 18.5 Å². The van der Waals surface area contributed by atoms with E-state index >= 15 is 0 Å². The zero-order chi connectivity index (χ0) is 17.4. The molecule has 23 heavy (non-hydrogen) atoms. The number of imide groups is 1. The van der Waals surface area contributed by atoms with Crippen molar-refractivity contribution in [3.8, 4) is 0 Å². The van der Waals surface area contributed by atoms with Crippen LogP contribution in [-0.2, 0) is 15.8 Å². The molecule has 0 aliphatic carbocycles. The maximum absolute atomic E-state index is 13.7. The van der Waals surface area contributed by atoms with Gasteiger partial charge in [0.15, 0.2) is 0 Å². The summed E-state index contributed by atoms with van der Waals surface area (Å²) >= 11 is 1.49. The minimum Gasteiger partial charge on any atom is -0.395 e. The fraction of sp³-hybridized carbons (Fsp3) is 0.231. The lowest BCUT2D eigenvalue weighted by molar-refractivity contribution is -0.138. The molecule has 0 unspecified atom stereocenters. The van der Waals surface area contributed by atoms with Gasteiger partial charge in [0.2, 0.25) is 0 Å². The van der Waals surface area contributed by atoms with E-state index in [0.717, 1.165) is 11.0 Å². The van der Waals surface area contributed by atoms with Crippen LogP contribution in [0.3, 0.4) is 0 Å². The topological polar surface area (TPSA) is 69.6 Å². The average molecular weight is 444 g/mol. The molecule has 1 aliphatic heterocycles. The van der Waals surface area contributed by atoms with Crippen LogP contribution in [0.15, 0.2) is 23.9 Å². The Hall–Kier alpha value is -1.69. The maximum Gasteiger partial charge on any atom is 0.416 e. The highest BCUT2D eigenvalue weighted by molar-refractivity contribution is 14.1. The van der Waals surface area contributed by atoms with Gasteiger partial charge in [-0.05, 0) is 34.7 Å². The summed E-state index contributed by atoms with van der Waals surface area (Å²) in [6.07, 6.45) is -3.87. The van der Waals surface area contributed by atoms with E-state index in [-0.39, 0.29) is 21.5 Å². The van der Waals surface area contributed by atoms with Crippen LogP contribution in [0, 0.1) is 9.39 Å². The van der Waals surface area contributed by atoms with E-state index in [1.807, 2.05) is 0 Å². The third kappa shape index (κ3) is 3.63. The number of aliphatic hydroxyl groups excluding tert-OH is 1. The van der Waals surface area contributed by atoms with E-state index in [1.54, 1.807) is 0 Å². The Morgan fingerprint density at radius 2 is 1.91 bits per heavy atom. The zero-order valence-electron chi connectivity index (χ0n) is 11.2. The van der Waals surface area contributed by atoms with Crippen LogP contribution >= 0.6 is 22.6 Å². The molecule has 0 bridgehead atoms. The van der Waals surface area contributed by atoms with Gasteiger partial charge < -0.3 is 10.4 Å². The summed E-state index contributed by atoms with van der Waals surface area (Å²) in [4.78, 5) is 24.2. The highest BCUT2D eigenvalue weighted by Gasteiger charge is 2.34. The number of nitrogens with zero attached hydrogens (tertiary/aromatic N) is 1. The monoisotopic (exact) mass is 444 g/mol. The van der Waals surface area contributed by atoms with Crippen molar-refractivity contribution in [2.45, 2.75) is 6.18 Å². The first-order valence-corrected chi connectivity index (χ1v) is 7.24. The lowest BCUT2D eigenvalue weighted by Gasteiger charge is -2.15. The normalized spacial score (nSPS) is 15.2. The van der Waals surface area contributed by atoms with Crippen molar-refractivity contribution < 1.29 is 32.3 Å². The molecular weight excluding hydrogens is 435 g/mol. The van der Waals surface area contributed by atoms with Gasteiger partial charge in [-0.25, -0.2) is 4.39 Å². The minimum atomic E-state index is -4.76. The van der Waals surface area contributed by atoms with Crippen molar-refractivity contribution in [2.24, 2.45) is 0 Å². The second-order valence-corrected chi connectivity index (χ2v) is 5.60. The number of alkyl halides is 3. The van der Waals surface area contributed by atoms with E-state index in [9.17, 15) is 27.2 Å². The molecule has 0 aromatic heterocycles.